The number of ether oxygens (including phenoxy) is 1. The highest BCUT2D eigenvalue weighted by Gasteiger charge is 2.28. The van der Waals surface area contributed by atoms with E-state index >= 15 is 0 Å². The zero-order valence-electron chi connectivity index (χ0n) is 12.3. The van der Waals surface area contributed by atoms with Crippen molar-refractivity contribution >= 4 is 16.7 Å². The highest BCUT2D eigenvalue weighted by Crippen LogP contribution is 2.18. The van der Waals surface area contributed by atoms with Gasteiger partial charge >= 0.3 is 5.63 Å². The summed E-state index contributed by atoms with van der Waals surface area (Å²) in [6.07, 6.45) is -0.172. The van der Waals surface area contributed by atoms with E-state index in [4.69, 9.17) is 9.15 Å². The summed E-state index contributed by atoms with van der Waals surface area (Å²) in [5, 5.41) is 0.607. The van der Waals surface area contributed by atoms with Crippen LogP contribution in [-0.4, -0.2) is 36.1 Å². The molecule has 0 spiro atoms. The lowest BCUT2D eigenvalue weighted by molar-refractivity contribution is -0.0593. The molecule has 0 radical (unpaired) electrons. The van der Waals surface area contributed by atoms with Crippen LogP contribution in [0, 0.1) is 5.82 Å². The van der Waals surface area contributed by atoms with Gasteiger partial charge in [-0.25, -0.2) is 9.18 Å². The number of fused-ring (bicyclic) bond motifs is 1. The van der Waals surface area contributed by atoms with Crippen LogP contribution in [0.1, 0.15) is 24.4 Å². The molecule has 0 N–H and O–H groups in total. The monoisotopic (exact) mass is 305 g/mol. The molecule has 0 aliphatic carbocycles. The Kier molecular flexibility index (Phi) is 3.70. The number of benzene rings is 1. The van der Waals surface area contributed by atoms with Gasteiger partial charge in [-0.1, -0.05) is 0 Å². The van der Waals surface area contributed by atoms with Crippen molar-refractivity contribution in [3.8, 4) is 0 Å². The first-order chi connectivity index (χ1) is 10.4. The molecule has 2 heterocycles. The SMILES string of the molecule is C[C@@H]1CN(C(=O)c2cc3cc(F)ccc3c(=O)o2)C[C@H](C)O1. The molecule has 1 fully saturated rings. The van der Waals surface area contributed by atoms with Crippen molar-refractivity contribution in [1.82, 2.24) is 4.90 Å². The maximum Gasteiger partial charge on any atom is 0.344 e. The van der Waals surface area contributed by atoms with Gasteiger partial charge in [0, 0.05) is 13.1 Å². The summed E-state index contributed by atoms with van der Waals surface area (Å²) in [7, 11) is 0. The van der Waals surface area contributed by atoms with Crippen LogP contribution in [0.2, 0.25) is 0 Å². The minimum absolute atomic E-state index is 0.0793. The molecule has 22 heavy (non-hydrogen) atoms. The van der Waals surface area contributed by atoms with E-state index < -0.39 is 11.4 Å². The van der Waals surface area contributed by atoms with Gasteiger partial charge in [-0.2, -0.15) is 0 Å². The third-order valence-corrected chi connectivity index (χ3v) is 3.64. The van der Waals surface area contributed by atoms with Crippen LogP contribution < -0.4 is 5.63 Å². The molecule has 2 aromatic rings. The third kappa shape index (κ3) is 2.74. The van der Waals surface area contributed by atoms with E-state index in [9.17, 15) is 14.0 Å². The van der Waals surface area contributed by atoms with Gasteiger partial charge in [0.25, 0.3) is 5.91 Å². The summed E-state index contributed by atoms with van der Waals surface area (Å²) < 4.78 is 24.0. The summed E-state index contributed by atoms with van der Waals surface area (Å²) >= 11 is 0. The summed E-state index contributed by atoms with van der Waals surface area (Å²) in [6, 6.07) is 5.16. The summed E-state index contributed by atoms with van der Waals surface area (Å²) in [5.74, 6) is -0.931. The van der Waals surface area contributed by atoms with Gasteiger partial charge < -0.3 is 14.1 Å². The molecule has 1 aromatic heterocycles. The zero-order chi connectivity index (χ0) is 15.9. The van der Waals surface area contributed by atoms with Crippen molar-refractivity contribution in [2.75, 3.05) is 13.1 Å². The average molecular weight is 305 g/mol. The van der Waals surface area contributed by atoms with E-state index in [1.165, 1.54) is 24.3 Å². The minimum Gasteiger partial charge on any atom is -0.417 e. The molecule has 0 saturated carbocycles. The van der Waals surface area contributed by atoms with E-state index in [-0.39, 0.29) is 29.3 Å². The molecule has 2 atom stereocenters. The highest BCUT2D eigenvalue weighted by molar-refractivity contribution is 5.95. The third-order valence-electron chi connectivity index (χ3n) is 3.64. The quantitative estimate of drug-likeness (QED) is 0.810. The summed E-state index contributed by atoms with van der Waals surface area (Å²) in [5.41, 5.74) is -0.643. The van der Waals surface area contributed by atoms with E-state index in [1.807, 2.05) is 13.8 Å². The van der Waals surface area contributed by atoms with Gasteiger partial charge in [0.05, 0.1) is 17.6 Å². The van der Waals surface area contributed by atoms with Crippen molar-refractivity contribution in [1.29, 1.82) is 0 Å². The van der Waals surface area contributed by atoms with Crippen LogP contribution in [0.15, 0.2) is 33.5 Å². The Bertz CT molecular complexity index is 775. The number of amides is 1. The molecule has 1 aliphatic rings. The number of hydrogen-bond acceptors (Lipinski definition) is 4. The van der Waals surface area contributed by atoms with Gasteiger partial charge in [-0.3, -0.25) is 4.79 Å². The Morgan fingerprint density at radius 3 is 2.59 bits per heavy atom. The number of nitrogens with zero attached hydrogens (tertiary/aromatic N) is 1. The molecule has 6 heteroatoms. The number of carbonyl (C=O) groups excluding carboxylic acids is 1. The molecule has 1 aromatic carbocycles. The maximum atomic E-state index is 13.3. The Morgan fingerprint density at radius 2 is 1.91 bits per heavy atom. The fourth-order valence-electron chi connectivity index (χ4n) is 2.77. The van der Waals surface area contributed by atoms with Crippen molar-refractivity contribution in [2.24, 2.45) is 0 Å². The lowest BCUT2D eigenvalue weighted by Crippen LogP contribution is -2.48. The fraction of sp³-hybridized carbons (Fsp3) is 0.375. The standard InChI is InChI=1S/C16H16FNO4/c1-9-7-18(8-10(2)21-9)15(19)14-6-11-5-12(17)3-4-13(11)16(20)22-14/h3-6,9-10H,7-8H2,1-2H3/t9-,10+. The van der Waals surface area contributed by atoms with Crippen LogP contribution in [0.4, 0.5) is 4.39 Å². The molecule has 1 saturated heterocycles. The molecular formula is C16H16FNO4. The normalized spacial score (nSPS) is 22.0. The summed E-state index contributed by atoms with van der Waals surface area (Å²) in [4.78, 5) is 26.0. The topological polar surface area (TPSA) is 59.8 Å². The second-order valence-corrected chi connectivity index (χ2v) is 5.60. The number of halogens is 1. The molecule has 1 aliphatic heterocycles. The summed E-state index contributed by atoms with van der Waals surface area (Å²) in [6.45, 7) is 4.60. The van der Waals surface area contributed by atoms with Gasteiger partial charge in [0.1, 0.15) is 5.82 Å². The van der Waals surface area contributed by atoms with Crippen LogP contribution in [0.25, 0.3) is 10.8 Å². The second kappa shape index (κ2) is 5.53. The molecule has 1 amide bonds. The first-order valence-electron chi connectivity index (χ1n) is 7.12. The van der Waals surface area contributed by atoms with Crippen molar-refractivity contribution < 1.29 is 18.3 Å². The molecule has 0 bridgehead atoms. The molecule has 116 valence electrons. The molecule has 5 nitrogen and oxygen atoms in total. The second-order valence-electron chi connectivity index (χ2n) is 5.60. The Hall–Kier alpha value is -2.21. The van der Waals surface area contributed by atoms with Gasteiger partial charge in [-0.15, -0.1) is 0 Å². The first-order valence-corrected chi connectivity index (χ1v) is 7.12. The number of morpholine rings is 1. The van der Waals surface area contributed by atoms with Crippen molar-refractivity contribution in [2.45, 2.75) is 26.1 Å². The van der Waals surface area contributed by atoms with Gasteiger partial charge in [-0.05, 0) is 43.5 Å². The van der Waals surface area contributed by atoms with Gasteiger partial charge in [0.15, 0.2) is 5.76 Å². The Balaban J connectivity index is 1.99. The predicted molar refractivity (Wildman–Crippen MR) is 78.4 cm³/mol. The number of carbonyl (C=O) groups is 1. The van der Waals surface area contributed by atoms with Gasteiger partial charge in [0.2, 0.25) is 0 Å². The average Bonchev–Trinajstić information content (AvgIpc) is 2.44. The number of hydrogen-bond donors (Lipinski definition) is 0. The largest absolute Gasteiger partial charge is 0.417 e. The Labute approximate surface area is 126 Å². The lowest BCUT2D eigenvalue weighted by Gasteiger charge is -2.34. The maximum absolute atomic E-state index is 13.3. The predicted octanol–water partition coefficient (Wildman–Crippen LogP) is 2.18. The van der Waals surface area contributed by atoms with Crippen molar-refractivity contribution in [3.05, 3.63) is 46.3 Å². The van der Waals surface area contributed by atoms with E-state index in [1.54, 1.807) is 4.90 Å². The highest BCUT2D eigenvalue weighted by atomic mass is 19.1. The lowest BCUT2D eigenvalue weighted by atomic mass is 10.1. The molecule has 0 unspecified atom stereocenters. The van der Waals surface area contributed by atoms with E-state index in [0.717, 1.165) is 0 Å². The van der Waals surface area contributed by atoms with Crippen LogP contribution >= 0.6 is 0 Å². The zero-order valence-corrected chi connectivity index (χ0v) is 12.3. The fourth-order valence-corrected chi connectivity index (χ4v) is 2.77. The van der Waals surface area contributed by atoms with E-state index in [0.29, 0.717) is 18.5 Å². The van der Waals surface area contributed by atoms with E-state index in [2.05, 4.69) is 0 Å². The van der Waals surface area contributed by atoms with Crippen LogP contribution in [0.3, 0.4) is 0 Å². The number of rotatable bonds is 1. The van der Waals surface area contributed by atoms with Crippen LogP contribution in [-0.2, 0) is 4.74 Å². The minimum atomic E-state index is -0.643. The molecule has 3 rings (SSSR count). The Morgan fingerprint density at radius 1 is 1.23 bits per heavy atom. The smallest absolute Gasteiger partial charge is 0.344 e. The van der Waals surface area contributed by atoms with Crippen molar-refractivity contribution in [3.63, 3.8) is 0 Å². The molecular weight excluding hydrogens is 289 g/mol. The van der Waals surface area contributed by atoms with Crippen LogP contribution in [0.5, 0.6) is 0 Å². The first kappa shape index (κ1) is 14.7.